The van der Waals surface area contributed by atoms with E-state index in [1.807, 2.05) is 19.1 Å². The van der Waals surface area contributed by atoms with Crippen molar-refractivity contribution in [1.29, 1.82) is 0 Å². The van der Waals surface area contributed by atoms with Gasteiger partial charge in [0.1, 0.15) is 11.5 Å². The van der Waals surface area contributed by atoms with Crippen molar-refractivity contribution >= 4 is 11.9 Å². The summed E-state index contributed by atoms with van der Waals surface area (Å²) in [4.78, 5) is 15.8. The van der Waals surface area contributed by atoms with E-state index in [2.05, 4.69) is 16.4 Å². The number of anilines is 1. The van der Waals surface area contributed by atoms with Crippen LogP contribution in [0.2, 0.25) is 0 Å². The van der Waals surface area contributed by atoms with Gasteiger partial charge in [0, 0.05) is 6.42 Å². The lowest BCUT2D eigenvalue weighted by Crippen LogP contribution is -2.20. The van der Waals surface area contributed by atoms with Crippen LogP contribution in [0.15, 0.2) is 28.8 Å². The number of hydrogen-bond acceptors (Lipinski definition) is 4. The first-order chi connectivity index (χ1) is 10.7. The summed E-state index contributed by atoms with van der Waals surface area (Å²) >= 11 is 0. The van der Waals surface area contributed by atoms with Gasteiger partial charge in [-0.2, -0.15) is 0 Å². The van der Waals surface area contributed by atoms with Crippen LogP contribution in [0.25, 0.3) is 0 Å². The predicted molar refractivity (Wildman–Crippen MR) is 83.1 cm³/mol. The van der Waals surface area contributed by atoms with Crippen molar-refractivity contribution in [2.45, 2.75) is 39.0 Å². The van der Waals surface area contributed by atoms with Crippen LogP contribution in [0.4, 0.5) is 6.01 Å². The Morgan fingerprint density at radius 1 is 1.32 bits per heavy atom. The Kier molecular flexibility index (Phi) is 4.42. The van der Waals surface area contributed by atoms with Crippen LogP contribution in [-0.4, -0.2) is 17.5 Å². The van der Waals surface area contributed by atoms with Crippen molar-refractivity contribution < 1.29 is 13.9 Å². The maximum atomic E-state index is 11.8. The van der Waals surface area contributed by atoms with Crippen molar-refractivity contribution in [2.24, 2.45) is 0 Å². The summed E-state index contributed by atoms with van der Waals surface area (Å²) < 4.78 is 10.9. The monoisotopic (exact) mass is 300 g/mol. The van der Waals surface area contributed by atoms with E-state index in [1.54, 1.807) is 6.20 Å². The molecule has 0 fully saturated rings. The second kappa shape index (κ2) is 6.64. The third-order valence-electron chi connectivity index (χ3n) is 3.84. The zero-order valence-electron chi connectivity index (χ0n) is 12.7. The summed E-state index contributed by atoms with van der Waals surface area (Å²) in [5.41, 5.74) is 2.74. The number of nitrogens with zero attached hydrogens (tertiary/aromatic N) is 1. The topological polar surface area (TPSA) is 64.4 Å². The summed E-state index contributed by atoms with van der Waals surface area (Å²) in [7, 11) is 0. The van der Waals surface area contributed by atoms with E-state index in [0.29, 0.717) is 0 Å². The molecule has 116 valence electrons. The van der Waals surface area contributed by atoms with Gasteiger partial charge in [-0.3, -0.25) is 10.1 Å². The molecule has 0 unspecified atom stereocenters. The third-order valence-corrected chi connectivity index (χ3v) is 3.84. The Hall–Kier alpha value is -2.30. The Morgan fingerprint density at radius 3 is 2.91 bits per heavy atom. The van der Waals surface area contributed by atoms with E-state index >= 15 is 0 Å². The number of benzene rings is 1. The van der Waals surface area contributed by atoms with Crippen molar-refractivity contribution in [2.75, 3.05) is 11.9 Å². The highest BCUT2D eigenvalue weighted by Crippen LogP contribution is 2.25. The molecule has 5 heteroatoms. The summed E-state index contributed by atoms with van der Waals surface area (Å²) in [6.07, 6.45) is 7.07. The molecule has 0 saturated heterocycles. The van der Waals surface area contributed by atoms with Crippen LogP contribution in [0.3, 0.4) is 0 Å². The number of aryl methyl sites for hydroxylation is 3. The minimum absolute atomic E-state index is 0.0530. The van der Waals surface area contributed by atoms with Gasteiger partial charge in [0.2, 0.25) is 0 Å². The number of fused-ring (bicyclic) bond motifs is 1. The number of carbonyl (C=O) groups is 1. The molecule has 1 aromatic heterocycles. The first-order valence-electron chi connectivity index (χ1n) is 7.74. The summed E-state index contributed by atoms with van der Waals surface area (Å²) in [6.45, 7) is 1.91. The van der Waals surface area contributed by atoms with Crippen LogP contribution in [0.1, 0.15) is 36.7 Å². The van der Waals surface area contributed by atoms with Gasteiger partial charge in [-0.05, 0) is 48.9 Å². The molecule has 22 heavy (non-hydrogen) atoms. The van der Waals surface area contributed by atoms with E-state index in [0.717, 1.165) is 30.8 Å². The lowest BCUT2D eigenvalue weighted by Gasteiger charge is -2.16. The highest BCUT2D eigenvalue weighted by molar-refractivity contribution is 5.89. The largest absolute Gasteiger partial charge is 0.484 e. The van der Waals surface area contributed by atoms with Gasteiger partial charge in [0.25, 0.3) is 5.91 Å². The average molecular weight is 300 g/mol. The number of rotatable bonds is 5. The second-order valence-corrected chi connectivity index (χ2v) is 5.46. The van der Waals surface area contributed by atoms with Crippen LogP contribution >= 0.6 is 0 Å². The molecule has 1 heterocycles. The maximum absolute atomic E-state index is 11.8. The molecule has 1 N–H and O–H groups in total. The predicted octanol–water partition coefficient (Wildman–Crippen LogP) is 3.13. The zero-order valence-corrected chi connectivity index (χ0v) is 12.7. The molecule has 3 rings (SSSR count). The summed E-state index contributed by atoms with van der Waals surface area (Å²) in [6, 6.07) is 6.29. The summed E-state index contributed by atoms with van der Waals surface area (Å²) in [5, 5.41) is 2.59. The van der Waals surface area contributed by atoms with Gasteiger partial charge in [-0.15, -0.1) is 0 Å². The molecule has 2 aromatic rings. The van der Waals surface area contributed by atoms with Crippen molar-refractivity contribution in [3.8, 4) is 5.75 Å². The van der Waals surface area contributed by atoms with Gasteiger partial charge < -0.3 is 9.15 Å². The maximum Gasteiger partial charge on any atom is 0.301 e. The molecule has 0 radical (unpaired) electrons. The molecule has 0 bridgehead atoms. The fourth-order valence-corrected chi connectivity index (χ4v) is 2.63. The van der Waals surface area contributed by atoms with E-state index in [1.165, 1.54) is 24.0 Å². The fourth-order valence-electron chi connectivity index (χ4n) is 2.63. The van der Waals surface area contributed by atoms with Gasteiger partial charge in [-0.1, -0.05) is 13.0 Å². The molecule has 1 aliphatic carbocycles. The van der Waals surface area contributed by atoms with E-state index in [4.69, 9.17) is 9.15 Å². The van der Waals surface area contributed by atoms with Gasteiger partial charge in [0.05, 0.1) is 6.20 Å². The molecule has 1 aromatic carbocycles. The minimum Gasteiger partial charge on any atom is -0.484 e. The highest BCUT2D eigenvalue weighted by Gasteiger charge is 2.12. The summed E-state index contributed by atoms with van der Waals surface area (Å²) in [5.74, 6) is 1.20. The fraction of sp³-hybridized carbons (Fsp3) is 0.412. The van der Waals surface area contributed by atoms with E-state index in [9.17, 15) is 4.79 Å². The van der Waals surface area contributed by atoms with Gasteiger partial charge in [-0.25, -0.2) is 4.98 Å². The molecule has 0 atom stereocenters. The quantitative estimate of drug-likeness (QED) is 0.921. The number of carbonyl (C=O) groups excluding carboxylic acids is 1. The van der Waals surface area contributed by atoms with Crippen LogP contribution in [0.5, 0.6) is 5.75 Å². The molecule has 1 aliphatic rings. The average Bonchev–Trinajstić information content (AvgIpc) is 3.00. The molecule has 5 nitrogen and oxygen atoms in total. The van der Waals surface area contributed by atoms with Crippen molar-refractivity contribution in [3.63, 3.8) is 0 Å². The van der Waals surface area contributed by atoms with Gasteiger partial charge >= 0.3 is 6.01 Å². The van der Waals surface area contributed by atoms with Gasteiger partial charge in [0.15, 0.2) is 6.61 Å². The first kappa shape index (κ1) is 14.6. The SMILES string of the molecule is CCc1cnc(NC(=O)COc2ccc3c(c2)CCCC3)o1. The second-order valence-electron chi connectivity index (χ2n) is 5.46. The Labute approximate surface area is 129 Å². The van der Waals surface area contributed by atoms with Crippen LogP contribution in [0, 0.1) is 0 Å². The molecule has 0 saturated carbocycles. The smallest absolute Gasteiger partial charge is 0.301 e. The first-order valence-corrected chi connectivity index (χ1v) is 7.74. The van der Waals surface area contributed by atoms with Crippen molar-refractivity contribution in [3.05, 3.63) is 41.3 Å². The number of nitrogens with one attached hydrogen (secondary N) is 1. The molecular formula is C17H20N2O3. The highest BCUT2D eigenvalue weighted by atomic mass is 16.5. The van der Waals surface area contributed by atoms with Crippen molar-refractivity contribution in [1.82, 2.24) is 4.98 Å². The molecule has 0 spiro atoms. The number of hydrogen-bond donors (Lipinski definition) is 1. The van der Waals surface area contributed by atoms with Crippen LogP contribution in [-0.2, 0) is 24.1 Å². The molecule has 0 aliphatic heterocycles. The lowest BCUT2D eigenvalue weighted by atomic mass is 9.92. The van der Waals surface area contributed by atoms with Crippen LogP contribution < -0.4 is 10.1 Å². The normalized spacial score (nSPS) is 13.5. The Morgan fingerprint density at radius 2 is 2.14 bits per heavy atom. The minimum atomic E-state index is -0.276. The number of amides is 1. The zero-order chi connectivity index (χ0) is 15.4. The Bertz CT molecular complexity index is 664. The number of ether oxygens (including phenoxy) is 1. The lowest BCUT2D eigenvalue weighted by molar-refractivity contribution is -0.118. The van der Waals surface area contributed by atoms with E-state index < -0.39 is 0 Å². The number of oxazole rings is 1. The number of aromatic nitrogens is 1. The third kappa shape index (κ3) is 3.47. The molecule has 1 amide bonds. The standard InChI is InChI=1S/C17H20N2O3/c1-2-14-10-18-17(22-14)19-16(20)11-21-15-8-7-12-5-3-4-6-13(12)9-15/h7-10H,2-6,11H2,1H3,(H,18,19,20). The van der Waals surface area contributed by atoms with E-state index in [-0.39, 0.29) is 18.5 Å². The molecular weight excluding hydrogens is 280 g/mol. The Balaban J connectivity index is 1.54.